The molecule has 0 fully saturated rings. The van der Waals surface area contributed by atoms with Crippen LogP contribution in [-0.2, 0) is 13.1 Å². The second-order valence-corrected chi connectivity index (χ2v) is 7.53. The van der Waals surface area contributed by atoms with Crippen molar-refractivity contribution in [2.24, 2.45) is 5.73 Å². The first-order valence-electron chi connectivity index (χ1n) is 10.1. The molecule has 0 spiro atoms. The second-order valence-electron chi connectivity index (χ2n) is 7.53. The number of nitrogens with one attached hydrogen (secondary N) is 2. The van der Waals surface area contributed by atoms with Gasteiger partial charge in [0.25, 0.3) is 0 Å². The highest BCUT2D eigenvalue weighted by Gasteiger charge is 2.15. The normalized spacial score (nSPS) is 12.1. The van der Waals surface area contributed by atoms with Crippen LogP contribution in [0.25, 0.3) is 11.2 Å². The van der Waals surface area contributed by atoms with E-state index in [4.69, 9.17) is 11.5 Å². The lowest BCUT2D eigenvalue weighted by molar-refractivity contribution is 0.469. The summed E-state index contributed by atoms with van der Waals surface area (Å²) in [7, 11) is 0. The Labute approximate surface area is 180 Å². The summed E-state index contributed by atoms with van der Waals surface area (Å²) in [5, 5.41) is 16.6. The minimum atomic E-state index is -0.0471. The highest BCUT2D eigenvalue weighted by molar-refractivity contribution is 5.84. The van der Waals surface area contributed by atoms with Crippen LogP contribution >= 0.6 is 0 Å². The zero-order valence-corrected chi connectivity index (χ0v) is 17.3. The number of fused-ring (bicyclic) bond motifs is 1. The van der Waals surface area contributed by atoms with Crippen molar-refractivity contribution >= 4 is 28.6 Å². The fourth-order valence-corrected chi connectivity index (χ4v) is 3.22. The molecule has 31 heavy (non-hydrogen) atoms. The molecule has 4 rings (SSSR count). The Bertz CT molecular complexity index is 1170. The molecule has 2 aromatic carbocycles. The maximum Gasteiger partial charge on any atom is 0.226 e. The molecule has 2 heterocycles. The van der Waals surface area contributed by atoms with Crippen LogP contribution in [0.3, 0.4) is 0 Å². The summed E-state index contributed by atoms with van der Waals surface area (Å²) >= 11 is 0. The minimum Gasteiger partial charge on any atom is -0.508 e. The molecule has 0 bridgehead atoms. The molecular weight excluding hydrogens is 392 g/mol. The van der Waals surface area contributed by atoms with E-state index in [0.29, 0.717) is 53.8 Å². The molecule has 0 aliphatic carbocycles. The van der Waals surface area contributed by atoms with Gasteiger partial charge in [-0.1, -0.05) is 30.3 Å². The van der Waals surface area contributed by atoms with Crippen molar-refractivity contribution in [1.29, 1.82) is 0 Å². The number of rotatable bonds is 8. The Hall–Kier alpha value is -3.85. The molecule has 7 N–H and O–H groups in total. The highest BCUT2D eigenvalue weighted by Crippen LogP contribution is 2.25. The van der Waals surface area contributed by atoms with E-state index >= 15 is 0 Å². The number of aromatic nitrogens is 4. The molecule has 0 saturated heterocycles. The first kappa shape index (κ1) is 20.4. The van der Waals surface area contributed by atoms with E-state index < -0.39 is 0 Å². The van der Waals surface area contributed by atoms with Crippen molar-refractivity contribution in [1.82, 2.24) is 19.5 Å². The van der Waals surface area contributed by atoms with Gasteiger partial charge in [-0.3, -0.25) is 0 Å². The third-order valence-electron chi connectivity index (χ3n) is 4.79. The van der Waals surface area contributed by atoms with Crippen LogP contribution in [0.5, 0.6) is 5.75 Å². The average molecular weight is 419 g/mol. The molecule has 9 heteroatoms. The third kappa shape index (κ3) is 4.84. The predicted molar refractivity (Wildman–Crippen MR) is 123 cm³/mol. The molecule has 160 valence electrons. The van der Waals surface area contributed by atoms with Crippen molar-refractivity contribution in [3.8, 4) is 5.75 Å². The summed E-state index contributed by atoms with van der Waals surface area (Å²) < 4.78 is 1.98. The van der Waals surface area contributed by atoms with Gasteiger partial charge in [-0.2, -0.15) is 9.97 Å². The van der Waals surface area contributed by atoms with Crippen molar-refractivity contribution in [3.05, 3.63) is 66.0 Å². The minimum absolute atomic E-state index is 0.0471. The molecule has 0 radical (unpaired) electrons. The molecule has 0 aliphatic rings. The molecule has 1 atom stereocenters. The van der Waals surface area contributed by atoms with Gasteiger partial charge in [0.2, 0.25) is 5.95 Å². The standard InChI is InChI=1S/C22H26N8O/c1-14(23)10-26-22-28-20(25-11-16-9-17(24)7-8-18(16)31)19-21(29-22)30(13-27-19)12-15-5-3-2-4-6-15/h2-9,13-14,31H,10-12,23-24H2,1H3,(H2,25,26,28,29). The lowest BCUT2D eigenvalue weighted by Crippen LogP contribution is -2.26. The molecular formula is C22H26N8O. The van der Waals surface area contributed by atoms with Gasteiger partial charge in [0.1, 0.15) is 5.75 Å². The number of hydrogen-bond donors (Lipinski definition) is 5. The van der Waals surface area contributed by atoms with E-state index in [0.717, 1.165) is 5.56 Å². The summed E-state index contributed by atoms with van der Waals surface area (Å²) in [6, 6.07) is 15.0. The van der Waals surface area contributed by atoms with Crippen molar-refractivity contribution in [3.63, 3.8) is 0 Å². The van der Waals surface area contributed by atoms with Crippen LogP contribution in [0.1, 0.15) is 18.1 Å². The van der Waals surface area contributed by atoms with E-state index in [1.165, 1.54) is 0 Å². The van der Waals surface area contributed by atoms with Crippen LogP contribution in [0.2, 0.25) is 0 Å². The van der Waals surface area contributed by atoms with Crippen LogP contribution < -0.4 is 22.1 Å². The first-order valence-corrected chi connectivity index (χ1v) is 10.1. The highest BCUT2D eigenvalue weighted by atomic mass is 16.3. The second kappa shape index (κ2) is 8.88. The van der Waals surface area contributed by atoms with Crippen LogP contribution in [0.15, 0.2) is 54.9 Å². The number of aromatic hydroxyl groups is 1. The van der Waals surface area contributed by atoms with Crippen molar-refractivity contribution in [2.45, 2.75) is 26.1 Å². The average Bonchev–Trinajstić information content (AvgIpc) is 3.16. The smallest absolute Gasteiger partial charge is 0.226 e. The Morgan fingerprint density at radius 2 is 1.90 bits per heavy atom. The maximum atomic E-state index is 10.1. The van der Waals surface area contributed by atoms with Gasteiger partial charge in [0.15, 0.2) is 17.0 Å². The number of imidazole rings is 1. The number of hydrogen-bond acceptors (Lipinski definition) is 8. The Balaban J connectivity index is 1.67. The maximum absolute atomic E-state index is 10.1. The predicted octanol–water partition coefficient (Wildman–Crippen LogP) is 2.53. The number of nitrogens with two attached hydrogens (primary N) is 2. The number of nitrogens with zero attached hydrogens (tertiary/aromatic N) is 4. The van der Waals surface area contributed by atoms with Crippen LogP contribution in [0, 0.1) is 0 Å². The van der Waals surface area contributed by atoms with E-state index in [1.807, 2.05) is 29.7 Å². The van der Waals surface area contributed by atoms with E-state index in [-0.39, 0.29) is 11.8 Å². The summed E-state index contributed by atoms with van der Waals surface area (Å²) in [5.74, 6) is 1.18. The molecule has 0 aliphatic heterocycles. The zero-order valence-electron chi connectivity index (χ0n) is 17.3. The fraction of sp³-hybridized carbons (Fsp3) is 0.227. The number of nitrogen functional groups attached to an aromatic ring is 1. The summed E-state index contributed by atoms with van der Waals surface area (Å²) in [5.41, 5.74) is 15.5. The van der Waals surface area contributed by atoms with Gasteiger partial charge in [-0.05, 0) is 30.7 Å². The van der Waals surface area contributed by atoms with Gasteiger partial charge in [-0.15, -0.1) is 0 Å². The van der Waals surface area contributed by atoms with E-state index in [2.05, 4.69) is 37.7 Å². The number of phenolic OH excluding ortho intramolecular Hbond substituents is 1. The van der Waals surface area contributed by atoms with Gasteiger partial charge >= 0.3 is 0 Å². The number of phenols is 1. The largest absolute Gasteiger partial charge is 0.508 e. The topological polar surface area (TPSA) is 140 Å². The zero-order chi connectivity index (χ0) is 21.8. The lowest BCUT2D eigenvalue weighted by Gasteiger charge is -2.12. The summed E-state index contributed by atoms with van der Waals surface area (Å²) in [4.78, 5) is 13.8. The van der Waals surface area contributed by atoms with Crippen LogP contribution in [0.4, 0.5) is 17.5 Å². The van der Waals surface area contributed by atoms with Gasteiger partial charge in [0, 0.05) is 30.4 Å². The summed E-state index contributed by atoms with van der Waals surface area (Å²) in [6.45, 7) is 3.42. The van der Waals surface area contributed by atoms with E-state index in [9.17, 15) is 5.11 Å². The Kier molecular flexibility index (Phi) is 5.85. The summed E-state index contributed by atoms with van der Waals surface area (Å²) in [6.07, 6.45) is 1.75. The SMILES string of the molecule is CC(N)CNc1nc(NCc2cc(N)ccc2O)c2ncn(Cc3ccccc3)c2n1. The van der Waals surface area contributed by atoms with Crippen molar-refractivity contribution < 1.29 is 5.11 Å². The molecule has 4 aromatic rings. The van der Waals surface area contributed by atoms with Crippen LogP contribution in [-0.4, -0.2) is 37.2 Å². The molecule has 1 unspecified atom stereocenters. The Morgan fingerprint density at radius 1 is 1.10 bits per heavy atom. The quantitative estimate of drug-likeness (QED) is 0.217. The molecule has 0 saturated carbocycles. The monoisotopic (exact) mass is 418 g/mol. The van der Waals surface area contributed by atoms with Gasteiger partial charge in [0.05, 0.1) is 12.9 Å². The molecule has 0 amide bonds. The van der Waals surface area contributed by atoms with E-state index in [1.54, 1.807) is 24.5 Å². The number of anilines is 3. The van der Waals surface area contributed by atoms with Crippen molar-refractivity contribution in [2.75, 3.05) is 22.9 Å². The molecule has 2 aromatic heterocycles. The van der Waals surface area contributed by atoms with Gasteiger partial charge in [-0.25, -0.2) is 4.98 Å². The first-order chi connectivity index (χ1) is 15.0. The molecule has 9 nitrogen and oxygen atoms in total. The fourth-order valence-electron chi connectivity index (χ4n) is 3.22. The van der Waals surface area contributed by atoms with Gasteiger partial charge < -0.3 is 31.8 Å². The third-order valence-corrected chi connectivity index (χ3v) is 4.79. The lowest BCUT2D eigenvalue weighted by atomic mass is 10.2. The number of benzene rings is 2. The Morgan fingerprint density at radius 3 is 2.68 bits per heavy atom.